The first-order chi connectivity index (χ1) is 9.17. The molecule has 1 heterocycles. The third kappa shape index (κ3) is 2.62. The Morgan fingerprint density at radius 3 is 2.65 bits per heavy atom. The molecule has 2 atom stereocenters. The fraction of sp³-hybridized carbons (Fsp3) is 0.615. The number of aliphatic carboxylic acids is 1. The van der Waals surface area contributed by atoms with Gasteiger partial charge >= 0.3 is 5.97 Å². The van der Waals surface area contributed by atoms with Crippen LogP contribution in [0.25, 0.3) is 0 Å². The molecule has 1 fully saturated rings. The maximum Gasteiger partial charge on any atom is 0.310 e. The average Bonchev–Trinajstić information content (AvgIpc) is 2.84. The van der Waals surface area contributed by atoms with Gasteiger partial charge in [0.15, 0.2) is 0 Å². The zero-order valence-corrected chi connectivity index (χ0v) is 13.4. The van der Waals surface area contributed by atoms with Crippen molar-refractivity contribution in [3.05, 3.63) is 15.8 Å². The van der Waals surface area contributed by atoms with Crippen LogP contribution in [-0.4, -0.2) is 25.5 Å². The van der Waals surface area contributed by atoms with Gasteiger partial charge in [-0.05, 0) is 39.7 Å². The Bertz CT molecular complexity index is 635. The maximum atomic E-state index is 12.4. The number of carboxylic acids is 1. The van der Waals surface area contributed by atoms with Crippen LogP contribution in [0.15, 0.2) is 11.0 Å². The Hall–Kier alpha value is -0.920. The van der Waals surface area contributed by atoms with Crippen LogP contribution in [0.2, 0.25) is 0 Å². The number of thiophene rings is 1. The normalized spacial score (nSPS) is 26.9. The third-order valence-electron chi connectivity index (χ3n) is 4.03. The van der Waals surface area contributed by atoms with Crippen LogP contribution in [0.5, 0.6) is 0 Å². The number of hydrogen-bond donors (Lipinski definition) is 2. The second kappa shape index (κ2) is 5.13. The molecule has 5 nitrogen and oxygen atoms in total. The van der Waals surface area contributed by atoms with E-state index >= 15 is 0 Å². The number of aryl methyl sites for hydroxylation is 2. The number of carbonyl (C=O) groups is 1. The molecular weight excluding hydrogens is 298 g/mol. The highest BCUT2D eigenvalue weighted by molar-refractivity contribution is 7.89. The van der Waals surface area contributed by atoms with E-state index in [2.05, 4.69) is 4.72 Å². The molecular formula is C13H19NO4S2. The fourth-order valence-electron chi connectivity index (χ4n) is 2.74. The summed E-state index contributed by atoms with van der Waals surface area (Å²) in [6.07, 6.45) is 1.78. The van der Waals surface area contributed by atoms with Crippen molar-refractivity contribution in [1.29, 1.82) is 0 Å². The zero-order valence-electron chi connectivity index (χ0n) is 11.8. The summed E-state index contributed by atoms with van der Waals surface area (Å²) < 4.78 is 27.5. The summed E-state index contributed by atoms with van der Waals surface area (Å²) in [4.78, 5) is 13.3. The van der Waals surface area contributed by atoms with E-state index in [0.29, 0.717) is 12.8 Å². The lowest BCUT2D eigenvalue weighted by Gasteiger charge is -2.27. The van der Waals surface area contributed by atoms with Gasteiger partial charge in [-0.15, -0.1) is 11.3 Å². The Balaban J connectivity index is 2.29. The summed E-state index contributed by atoms with van der Waals surface area (Å²) >= 11 is 1.42. The molecule has 1 aromatic rings. The molecule has 2 unspecified atom stereocenters. The highest BCUT2D eigenvalue weighted by atomic mass is 32.2. The molecule has 0 radical (unpaired) electrons. The Morgan fingerprint density at radius 2 is 2.15 bits per heavy atom. The number of rotatable bonds is 4. The molecule has 0 bridgehead atoms. The van der Waals surface area contributed by atoms with Gasteiger partial charge in [-0.1, -0.05) is 6.42 Å². The largest absolute Gasteiger partial charge is 0.481 e. The highest BCUT2D eigenvalue weighted by Gasteiger charge is 2.47. The first kappa shape index (κ1) is 15.5. The summed E-state index contributed by atoms with van der Waals surface area (Å²) in [5.74, 6) is -0.944. The number of hydrogen-bond acceptors (Lipinski definition) is 4. The molecule has 0 saturated heterocycles. The molecule has 20 heavy (non-hydrogen) atoms. The van der Waals surface area contributed by atoms with Crippen molar-refractivity contribution in [2.75, 3.05) is 0 Å². The van der Waals surface area contributed by atoms with Crippen LogP contribution in [0, 0.1) is 19.3 Å². The second-order valence-electron chi connectivity index (χ2n) is 5.57. The summed E-state index contributed by atoms with van der Waals surface area (Å²) in [6, 6.07) is 1.08. The number of carboxylic acid groups (broad SMARTS) is 1. The fourth-order valence-corrected chi connectivity index (χ4v) is 5.67. The zero-order chi connectivity index (χ0) is 15.1. The van der Waals surface area contributed by atoms with E-state index < -0.39 is 27.4 Å². The van der Waals surface area contributed by atoms with Crippen LogP contribution in [-0.2, 0) is 14.8 Å². The van der Waals surface area contributed by atoms with Crippen LogP contribution < -0.4 is 4.72 Å². The SMILES string of the molecule is Cc1cc(S(=O)(=O)NC2CCCC2(C)C(=O)O)c(C)s1. The van der Waals surface area contributed by atoms with Crippen LogP contribution in [0.4, 0.5) is 0 Å². The maximum absolute atomic E-state index is 12.4. The topological polar surface area (TPSA) is 83.5 Å². The minimum absolute atomic E-state index is 0.264. The minimum Gasteiger partial charge on any atom is -0.481 e. The molecule has 7 heteroatoms. The van der Waals surface area contributed by atoms with Crippen molar-refractivity contribution < 1.29 is 18.3 Å². The Kier molecular flexibility index (Phi) is 3.96. The van der Waals surface area contributed by atoms with Crippen LogP contribution >= 0.6 is 11.3 Å². The van der Waals surface area contributed by atoms with Crippen LogP contribution in [0.1, 0.15) is 35.9 Å². The molecule has 0 amide bonds. The first-order valence-corrected chi connectivity index (χ1v) is 8.79. The van der Waals surface area contributed by atoms with Crippen molar-refractivity contribution in [3.8, 4) is 0 Å². The summed E-state index contributed by atoms with van der Waals surface area (Å²) in [5, 5.41) is 9.34. The van der Waals surface area contributed by atoms with Crippen molar-refractivity contribution in [1.82, 2.24) is 4.72 Å². The molecule has 112 valence electrons. The van der Waals surface area contributed by atoms with Crippen molar-refractivity contribution in [2.24, 2.45) is 5.41 Å². The van der Waals surface area contributed by atoms with Gasteiger partial charge in [0, 0.05) is 15.8 Å². The van der Waals surface area contributed by atoms with Crippen molar-refractivity contribution in [2.45, 2.75) is 51.0 Å². The predicted octanol–water partition coefficient (Wildman–Crippen LogP) is 2.29. The van der Waals surface area contributed by atoms with E-state index in [9.17, 15) is 18.3 Å². The molecule has 1 aliphatic carbocycles. The van der Waals surface area contributed by atoms with E-state index in [-0.39, 0.29) is 4.90 Å². The Labute approximate surface area is 123 Å². The third-order valence-corrected chi connectivity index (χ3v) is 6.72. The van der Waals surface area contributed by atoms with Gasteiger partial charge in [0.1, 0.15) is 0 Å². The van der Waals surface area contributed by atoms with E-state index in [0.717, 1.165) is 16.2 Å². The van der Waals surface area contributed by atoms with Gasteiger partial charge in [0.05, 0.1) is 10.3 Å². The lowest BCUT2D eigenvalue weighted by Crippen LogP contribution is -2.46. The second-order valence-corrected chi connectivity index (χ2v) is 8.71. The van der Waals surface area contributed by atoms with Gasteiger partial charge in [-0.2, -0.15) is 0 Å². The van der Waals surface area contributed by atoms with E-state index in [1.807, 2.05) is 6.92 Å². The quantitative estimate of drug-likeness (QED) is 0.892. The lowest BCUT2D eigenvalue weighted by atomic mass is 9.85. The molecule has 1 aromatic heterocycles. The van der Waals surface area contributed by atoms with Gasteiger partial charge in [0.2, 0.25) is 10.0 Å². The Morgan fingerprint density at radius 1 is 1.50 bits per heavy atom. The summed E-state index contributed by atoms with van der Waals surface area (Å²) in [6.45, 7) is 5.23. The van der Waals surface area contributed by atoms with E-state index in [1.165, 1.54) is 11.3 Å². The van der Waals surface area contributed by atoms with Gasteiger partial charge in [0.25, 0.3) is 0 Å². The first-order valence-electron chi connectivity index (χ1n) is 6.49. The summed E-state index contributed by atoms with van der Waals surface area (Å²) in [7, 11) is -3.66. The van der Waals surface area contributed by atoms with Gasteiger partial charge in [-0.25, -0.2) is 13.1 Å². The van der Waals surface area contributed by atoms with Crippen molar-refractivity contribution >= 4 is 27.3 Å². The van der Waals surface area contributed by atoms with Crippen molar-refractivity contribution in [3.63, 3.8) is 0 Å². The summed E-state index contributed by atoms with van der Waals surface area (Å²) in [5.41, 5.74) is -1.02. The number of nitrogens with one attached hydrogen (secondary N) is 1. The molecule has 0 aliphatic heterocycles. The van der Waals surface area contributed by atoms with Gasteiger partial charge in [-0.3, -0.25) is 4.79 Å². The minimum atomic E-state index is -3.66. The molecule has 0 aromatic carbocycles. The molecule has 0 spiro atoms. The molecule has 2 N–H and O–H groups in total. The monoisotopic (exact) mass is 317 g/mol. The smallest absolute Gasteiger partial charge is 0.310 e. The predicted molar refractivity (Wildman–Crippen MR) is 77.5 cm³/mol. The van der Waals surface area contributed by atoms with Crippen LogP contribution in [0.3, 0.4) is 0 Å². The van der Waals surface area contributed by atoms with E-state index in [4.69, 9.17) is 0 Å². The molecule has 1 aliphatic rings. The van der Waals surface area contributed by atoms with Gasteiger partial charge < -0.3 is 5.11 Å². The highest BCUT2D eigenvalue weighted by Crippen LogP contribution is 2.39. The average molecular weight is 317 g/mol. The standard InChI is InChI=1S/C13H19NO4S2/c1-8-7-10(9(2)19-8)20(17,18)14-11-5-4-6-13(11,3)12(15)16/h7,11,14H,4-6H2,1-3H3,(H,15,16). The number of sulfonamides is 1. The van der Waals surface area contributed by atoms with E-state index in [1.54, 1.807) is 19.9 Å². The molecule has 2 rings (SSSR count). The molecule has 1 saturated carbocycles. The lowest BCUT2D eigenvalue weighted by molar-refractivity contribution is -0.148.